The molecule has 1 saturated heterocycles. The molecule has 0 unspecified atom stereocenters. The number of para-hydroxylation sites is 1. The number of nitrogens with zero attached hydrogens (tertiary/aromatic N) is 1. The molecule has 1 aliphatic heterocycles. The summed E-state index contributed by atoms with van der Waals surface area (Å²) in [6.45, 7) is 5.39. The van der Waals surface area contributed by atoms with Gasteiger partial charge in [0.25, 0.3) is 5.56 Å². The average Bonchev–Trinajstić information content (AvgIpc) is 2.86. The van der Waals surface area contributed by atoms with Crippen molar-refractivity contribution in [1.29, 1.82) is 0 Å². The molecule has 188 valence electrons. The molecular formula is C26H31Cl2N3O4. The molecular weight excluding hydrogens is 489 g/mol. The van der Waals surface area contributed by atoms with E-state index in [0.717, 1.165) is 57.5 Å². The summed E-state index contributed by atoms with van der Waals surface area (Å²) in [5.74, 6) is 1.08. The Hall–Kier alpha value is -2.45. The van der Waals surface area contributed by atoms with Crippen molar-refractivity contribution in [2.75, 3.05) is 51.9 Å². The summed E-state index contributed by atoms with van der Waals surface area (Å²) < 4.78 is 17.1. The normalized spacial score (nSPS) is 14.3. The number of hydrogen-bond acceptors (Lipinski definition) is 6. The number of nitrogens with one attached hydrogen (secondary N) is 2. The standard InChI is InChI=1S/C26H31Cl2N3O4/c1-33-22-10-9-18-21(29-25-19(27)7-6-8-20(25)28)17-23(32)30-24(18)26(22)35-14-5-3-2-4-11-31-12-15-34-16-13-31/h6-10,17H,2-5,11-16H2,1H3,(H2,29,30,32). The van der Waals surface area contributed by atoms with Crippen LogP contribution in [0.3, 0.4) is 0 Å². The average molecular weight is 520 g/mol. The Kier molecular flexibility index (Phi) is 9.15. The van der Waals surface area contributed by atoms with E-state index in [4.69, 9.17) is 37.4 Å². The van der Waals surface area contributed by atoms with Crippen LogP contribution in [0.1, 0.15) is 25.7 Å². The van der Waals surface area contributed by atoms with Gasteiger partial charge in [0, 0.05) is 24.5 Å². The van der Waals surface area contributed by atoms with E-state index in [1.807, 2.05) is 12.1 Å². The third-order valence-corrected chi connectivity index (χ3v) is 6.73. The first-order valence-electron chi connectivity index (χ1n) is 11.9. The number of halogens is 2. The van der Waals surface area contributed by atoms with Gasteiger partial charge in [0.1, 0.15) is 0 Å². The van der Waals surface area contributed by atoms with E-state index in [2.05, 4.69) is 15.2 Å². The molecule has 1 aliphatic rings. The second-order valence-corrected chi connectivity index (χ2v) is 9.32. The molecule has 2 heterocycles. The van der Waals surface area contributed by atoms with Crippen LogP contribution in [-0.4, -0.2) is 56.4 Å². The molecule has 0 radical (unpaired) electrons. The number of fused-ring (bicyclic) bond motifs is 1. The molecule has 4 rings (SSSR count). The van der Waals surface area contributed by atoms with Crippen LogP contribution in [0, 0.1) is 0 Å². The third kappa shape index (κ3) is 6.61. The van der Waals surface area contributed by atoms with Crippen LogP contribution in [0.4, 0.5) is 11.4 Å². The van der Waals surface area contributed by atoms with E-state index in [1.54, 1.807) is 25.3 Å². The zero-order valence-electron chi connectivity index (χ0n) is 19.9. The number of ether oxygens (including phenoxy) is 3. The van der Waals surface area contributed by atoms with Crippen molar-refractivity contribution in [1.82, 2.24) is 9.88 Å². The number of aromatic amines is 1. The number of H-pyrrole nitrogens is 1. The first-order chi connectivity index (χ1) is 17.1. The maximum Gasteiger partial charge on any atom is 0.250 e. The minimum atomic E-state index is -0.274. The summed E-state index contributed by atoms with van der Waals surface area (Å²) in [6, 6.07) is 10.4. The Balaban J connectivity index is 1.44. The second kappa shape index (κ2) is 12.5. The fraction of sp³-hybridized carbons (Fsp3) is 0.423. The number of methoxy groups -OCH3 is 1. The van der Waals surface area contributed by atoms with Crippen LogP contribution in [0.5, 0.6) is 11.5 Å². The minimum absolute atomic E-state index is 0.274. The smallest absolute Gasteiger partial charge is 0.250 e. The molecule has 7 nitrogen and oxygen atoms in total. The molecule has 1 fully saturated rings. The van der Waals surface area contributed by atoms with E-state index in [-0.39, 0.29) is 5.56 Å². The van der Waals surface area contributed by atoms with Gasteiger partial charge in [-0.2, -0.15) is 0 Å². The van der Waals surface area contributed by atoms with Gasteiger partial charge in [-0.15, -0.1) is 0 Å². The van der Waals surface area contributed by atoms with E-state index in [0.29, 0.717) is 45.0 Å². The molecule has 0 amide bonds. The highest BCUT2D eigenvalue weighted by Crippen LogP contribution is 2.39. The van der Waals surface area contributed by atoms with Gasteiger partial charge in [0.2, 0.25) is 0 Å². The van der Waals surface area contributed by atoms with Crippen molar-refractivity contribution in [3.63, 3.8) is 0 Å². The molecule has 9 heteroatoms. The van der Waals surface area contributed by atoms with Crippen molar-refractivity contribution in [3.8, 4) is 11.5 Å². The Morgan fingerprint density at radius 2 is 1.80 bits per heavy atom. The predicted molar refractivity (Wildman–Crippen MR) is 142 cm³/mol. The molecule has 0 bridgehead atoms. The number of benzene rings is 2. The summed E-state index contributed by atoms with van der Waals surface area (Å²) in [7, 11) is 1.59. The van der Waals surface area contributed by atoms with Crippen molar-refractivity contribution in [2.45, 2.75) is 25.7 Å². The zero-order chi connectivity index (χ0) is 24.6. The number of aromatic nitrogens is 1. The van der Waals surface area contributed by atoms with E-state index >= 15 is 0 Å². The zero-order valence-corrected chi connectivity index (χ0v) is 21.4. The molecule has 1 aromatic heterocycles. The first-order valence-corrected chi connectivity index (χ1v) is 12.7. The maximum absolute atomic E-state index is 12.5. The third-order valence-electron chi connectivity index (χ3n) is 6.10. The summed E-state index contributed by atoms with van der Waals surface area (Å²) in [4.78, 5) is 17.9. The lowest BCUT2D eigenvalue weighted by Crippen LogP contribution is -2.36. The van der Waals surface area contributed by atoms with Crippen LogP contribution < -0.4 is 20.3 Å². The van der Waals surface area contributed by atoms with Crippen LogP contribution in [0.2, 0.25) is 10.0 Å². The molecule has 3 aromatic rings. The molecule has 0 spiro atoms. The highest BCUT2D eigenvalue weighted by molar-refractivity contribution is 6.39. The van der Waals surface area contributed by atoms with Crippen LogP contribution in [0.25, 0.3) is 10.9 Å². The highest BCUT2D eigenvalue weighted by Gasteiger charge is 2.16. The molecule has 2 N–H and O–H groups in total. The van der Waals surface area contributed by atoms with Crippen LogP contribution >= 0.6 is 23.2 Å². The van der Waals surface area contributed by atoms with Crippen molar-refractivity contribution < 1.29 is 14.2 Å². The van der Waals surface area contributed by atoms with Gasteiger partial charge in [-0.05, 0) is 43.7 Å². The molecule has 35 heavy (non-hydrogen) atoms. The van der Waals surface area contributed by atoms with Gasteiger partial charge >= 0.3 is 0 Å². The number of morpholine rings is 1. The molecule has 0 aliphatic carbocycles. The Morgan fingerprint density at radius 3 is 2.54 bits per heavy atom. The van der Waals surface area contributed by atoms with Crippen LogP contribution in [0.15, 0.2) is 41.2 Å². The van der Waals surface area contributed by atoms with Gasteiger partial charge in [-0.1, -0.05) is 42.1 Å². The van der Waals surface area contributed by atoms with E-state index in [9.17, 15) is 4.79 Å². The molecule has 0 saturated carbocycles. The first kappa shape index (κ1) is 25.6. The number of unbranched alkanes of at least 4 members (excludes halogenated alkanes) is 3. The quantitative estimate of drug-likeness (QED) is 0.309. The number of hydrogen-bond donors (Lipinski definition) is 2. The van der Waals surface area contributed by atoms with Crippen molar-refractivity contribution >= 4 is 45.5 Å². The lowest BCUT2D eigenvalue weighted by molar-refractivity contribution is 0.0371. The van der Waals surface area contributed by atoms with Crippen molar-refractivity contribution in [2.24, 2.45) is 0 Å². The minimum Gasteiger partial charge on any atom is -0.493 e. The number of rotatable bonds is 11. The van der Waals surface area contributed by atoms with Crippen molar-refractivity contribution in [3.05, 3.63) is 56.8 Å². The van der Waals surface area contributed by atoms with E-state index in [1.165, 1.54) is 12.5 Å². The molecule has 2 aromatic carbocycles. The topological polar surface area (TPSA) is 75.8 Å². The molecule has 0 atom stereocenters. The summed E-state index contributed by atoms with van der Waals surface area (Å²) in [5.41, 5.74) is 1.41. The lowest BCUT2D eigenvalue weighted by atomic mass is 10.1. The summed E-state index contributed by atoms with van der Waals surface area (Å²) >= 11 is 12.7. The Bertz CT molecular complexity index is 1170. The van der Waals surface area contributed by atoms with E-state index < -0.39 is 0 Å². The lowest BCUT2D eigenvalue weighted by Gasteiger charge is -2.26. The van der Waals surface area contributed by atoms with Gasteiger partial charge in [-0.3, -0.25) is 9.69 Å². The predicted octanol–water partition coefficient (Wildman–Crippen LogP) is 5.86. The Morgan fingerprint density at radius 1 is 1.06 bits per heavy atom. The summed E-state index contributed by atoms with van der Waals surface area (Å²) in [6.07, 6.45) is 4.31. The number of anilines is 2. The second-order valence-electron chi connectivity index (χ2n) is 8.51. The maximum atomic E-state index is 12.5. The highest BCUT2D eigenvalue weighted by atomic mass is 35.5. The largest absolute Gasteiger partial charge is 0.493 e. The van der Waals surface area contributed by atoms with Gasteiger partial charge < -0.3 is 24.5 Å². The SMILES string of the molecule is COc1ccc2c(Nc3c(Cl)cccc3Cl)cc(=O)[nH]c2c1OCCCCCCN1CCOCC1. The van der Waals surface area contributed by atoms with Gasteiger partial charge in [0.05, 0.1) is 53.9 Å². The fourth-order valence-corrected chi connectivity index (χ4v) is 4.72. The van der Waals surface area contributed by atoms with Gasteiger partial charge in [-0.25, -0.2) is 0 Å². The fourth-order valence-electron chi connectivity index (χ4n) is 4.23. The summed E-state index contributed by atoms with van der Waals surface area (Å²) in [5, 5.41) is 4.91. The van der Waals surface area contributed by atoms with Gasteiger partial charge in [0.15, 0.2) is 11.5 Å². The monoisotopic (exact) mass is 519 g/mol. The van der Waals surface area contributed by atoms with Crippen LogP contribution in [-0.2, 0) is 4.74 Å². The Labute approximate surface area is 215 Å². The number of pyridine rings is 1.